The summed E-state index contributed by atoms with van der Waals surface area (Å²) in [6.45, 7) is 6.67. The number of fused-ring (bicyclic) bond motifs is 1. The lowest BCUT2D eigenvalue weighted by Crippen LogP contribution is -2.36. The third-order valence-electron chi connectivity index (χ3n) is 6.57. The molecule has 0 aliphatic carbocycles. The van der Waals surface area contributed by atoms with Crippen molar-refractivity contribution >= 4 is 45.4 Å². The van der Waals surface area contributed by atoms with Crippen molar-refractivity contribution in [2.75, 3.05) is 0 Å². The number of carbonyl (C=O) groups is 1. The third-order valence-corrected chi connectivity index (χ3v) is 7.55. The van der Waals surface area contributed by atoms with Crippen LogP contribution in [0.2, 0.25) is 0 Å². The van der Waals surface area contributed by atoms with Crippen LogP contribution in [-0.2, 0) is 11.4 Å². The molecule has 1 aliphatic rings. The minimum atomic E-state index is -0.0212. The first kappa shape index (κ1) is 24.8. The number of hydrogen-bond donors (Lipinski definition) is 0. The summed E-state index contributed by atoms with van der Waals surface area (Å²) in [5, 5.41) is 2.86. The van der Waals surface area contributed by atoms with Crippen LogP contribution in [0.5, 0.6) is 5.75 Å². The number of thioether (sulfide) groups is 1. The standard InChI is InChI=1S/C32H30N2O2S/c1-4-23(3)34-31(35)30(37-32(34)33-26-17-14-22(2)15-18-26)20-28-27-13-9-8-12-25(27)16-19-29(28)36-21-24-10-6-5-7-11-24/h5-20,23H,4,21H2,1-3H3/b30-20+,33-32?/t23-/m0/s1. The lowest BCUT2D eigenvalue weighted by Gasteiger charge is -2.22. The van der Waals surface area contributed by atoms with Crippen LogP contribution in [0.3, 0.4) is 0 Å². The molecule has 1 aliphatic heterocycles. The first-order valence-electron chi connectivity index (χ1n) is 12.6. The summed E-state index contributed by atoms with van der Waals surface area (Å²) in [4.78, 5) is 21.0. The van der Waals surface area contributed by atoms with Gasteiger partial charge in [-0.2, -0.15) is 0 Å². The second-order valence-electron chi connectivity index (χ2n) is 9.25. The number of aliphatic imine (C=N–C) groups is 1. The van der Waals surface area contributed by atoms with E-state index >= 15 is 0 Å². The molecule has 1 amide bonds. The molecule has 0 radical (unpaired) electrons. The van der Waals surface area contributed by atoms with Crippen LogP contribution in [0, 0.1) is 6.92 Å². The molecule has 5 rings (SSSR count). The average Bonchev–Trinajstić information content (AvgIpc) is 3.23. The monoisotopic (exact) mass is 506 g/mol. The number of aryl methyl sites for hydroxylation is 1. The van der Waals surface area contributed by atoms with E-state index in [1.54, 1.807) is 0 Å². The van der Waals surface area contributed by atoms with Crippen LogP contribution in [-0.4, -0.2) is 22.0 Å². The molecule has 1 heterocycles. The lowest BCUT2D eigenvalue weighted by molar-refractivity contribution is -0.123. The topological polar surface area (TPSA) is 41.9 Å². The van der Waals surface area contributed by atoms with E-state index in [0.29, 0.717) is 16.7 Å². The highest BCUT2D eigenvalue weighted by molar-refractivity contribution is 8.18. The maximum absolute atomic E-state index is 13.7. The largest absolute Gasteiger partial charge is 0.488 e. The maximum atomic E-state index is 13.7. The Labute approximate surface area is 222 Å². The maximum Gasteiger partial charge on any atom is 0.267 e. The predicted molar refractivity (Wildman–Crippen MR) is 155 cm³/mol. The summed E-state index contributed by atoms with van der Waals surface area (Å²) in [6.07, 6.45) is 2.81. The smallest absolute Gasteiger partial charge is 0.267 e. The Morgan fingerprint density at radius 3 is 2.43 bits per heavy atom. The molecule has 0 N–H and O–H groups in total. The van der Waals surface area contributed by atoms with Gasteiger partial charge in [0.05, 0.1) is 10.6 Å². The van der Waals surface area contributed by atoms with Crippen molar-refractivity contribution in [2.45, 2.75) is 39.8 Å². The molecular formula is C32H30N2O2S. The van der Waals surface area contributed by atoms with Crippen LogP contribution < -0.4 is 4.74 Å². The molecule has 0 spiro atoms. The number of ether oxygens (including phenoxy) is 1. The van der Waals surface area contributed by atoms with E-state index < -0.39 is 0 Å². The third kappa shape index (κ3) is 5.47. The fourth-order valence-corrected chi connectivity index (χ4v) is 5.35. The van der Waals surface area contributed by atoms with Crippen LogP contribution in [0.25, 0.3) is 16.8 Å². The van der Waals surface area contributed by atoms with Crippen LogP contribution in [0.15, 0.2) is 101 Å². The van der Waals surface area contributed by atoms with E-state index in [1.165, 1.54) is 17.3 Å². The van der Waals surface area contributed by atoms with Gasteiger partial charge < -0.3 is 4.74 Å². The van der Waals surface area contributed by atoms with Gasteiger partial charge in [0.1, 0.15) is 12.4 Å². The molecule has 4 aromatic carbocycles. The van der Waals surface area contributed by atoms with Gasteiger partial charge in [-0.25, -0.2) is 4.99 Å². The zero-order chi connectivity index (χ0) is 25.8. The van der Waals surface area contributed by atoms with Gasteiger partial charge in [-0.05, 0) is 72.6 Å². The fourth-order valence-electron chi connectivity index (χ4n) is 4.28. The van der Waals surface area contributed by atoms with Crippen molar-refractivity contribution in [2.24, 2.45) is 4.99 Å². The van der Waals surface area contributed by atoms with Crippen molar-refractivity contribution in [1.82, 2.24) is 4.90 Å². The van der Waals surface area contributed by atoms with Crippen molar-refractivity contribution < 1.29 is 9.53 Å². The number of benzene rings is 4. The second-order valence-corrected chi connectivity index (χ2v) is 10.3. The van der Waals surface area contributed by atoms with Gasteiger partial charge >= 0.3 is 0 Å². The number of hydrogen-bond acceptors (Lipinski definition) is 4. The van der Waals surface area contributed by atoms with Gasteiger partial charge in [-0.15, -0.1) is 0 Å². The Bertz CT molecular complexity index is 1480. The highest BCUT2D eigenvalue weighted by Gasteiger charge is 2.36. The number of carbonyl (C=O) groups excluding carboxylic acids is 1. The van der Waals surface area contributed by atoms with Gasteiger partial charge in [0, 0.05) is 11.6 Å². The SMILES string of the molecule is CC[C@H](C)N1C(=O)/C(=C\c2c(OCc3ccccc3)ccc3ccccc23)SC1=Nc1ccc(C)cc1. The van der Waals surface area contributed by atoms with E-state index in [2.05, 4.69) is 39.0 Å². The Hall–Kier alpha value is -3.83. The van der Waals surface area contributed by atoms with Crippen LogP contribution in [0.4, 0.5) is 5.69 Å². The van der Waals surface area contributed by atoms with Gasteiger partial charge in [0.25, 0.3) is 5.91 Å². The molecule has 5 heteroatoms. The first-order valence-corrected chi connectivity index (χ1v) is 13.4. The molecular weight excluding hydrogens is 476 g/mol. The molecule has 1 atom stereocenters. The summed E-state index contributed by atoms with van der Waals surface area (Å²) >= 11 is 1.43. The van der Waals surface area contributed by atoms with Gasteiger partial charge in [-0.3, -0.25) is 9.69 Å². The Balaban J connectivity index is 1.56. The van der Waals surface area contributed by atoms with Crippen molar-refractivity contribution in [3.05, 3.63) is 113 Å². The summed E-state index contributed by atoms with van der Waals surface area (Å²) in [6, 6.07) is 30.5. The first-order chi connectivity index (χ1) is 18.0. The highest BCUT2D eigenvalue weighted by atomic mass is 32.2. The molecule has 0 aromatic heterocycles. The normalized spacial score (nSPS) is 16.6. The summed E-state index contributed by atoms with van der Waals surface area (Å²) < 4.78 is 6.30. The molecule has 0 unspecified atom stereocenters. The minimum absolute atomic E-state index is 0.0212. The molecule has 37 heavy (non-hydrogen) atoms. The minimum Gasteiger partial charge on any atom is -0.488 e. The van der Waals surface area contributed by atoms with Gasteiger partial charge in [0.15, 0.2) is 5.17 Å². The number of nitrogens with zero attached hydrogens (tertiary/aromatic N) is 2. The summed E-state index contributed by atoms with van der Waals surface area (Å²) in [5.74, 6) is 0.731. The molecule has 4 aromatic rings. The molecule has 0 bridgehead atoms. The summed E-state index contributed by atoms with van der Waals surface area (Å²) in [5.41, 5.74) is 4.02. The van der Waals surface area contributed by atoms with Gasteiger partial charge in [0.2, 0.25) is 0 Å². The van der Waals surface area contributed by atoms with E-state index in [-0.39, 0.29) is 11.9 Å². The van der Waals surface area contributed by atoms with E-state index in [0.717, 1.165) is 39.8 Å². The quantitative estimate of drug-likeness (QED) is 0.238. The van der Waals surface area contributed by atoms with Crippen LogP contribution >= 0.6 is 11.8 Å². The van der Waals surface area contributed by atoms with Crippen molar-refractivity contribution in [3.63, 3.8) is 0 Å². The summed E-state index contributed by atoms with van der Waals surface area (Å²) in [7, 11) is 0. The van der Waals surface area contributed by atoms with Crippen molar-refractivity contribution in [3.8, 4) is 5.75 Å². The fraction of sp³-hybridized carbons (Fsp3) is 0.188. The predicted octanol–water partition coefficient (Wildman–Crippen LogP) is 8.13. The number of amidine groups is 1. The molecule has 1 saturated heterocycles. The Morgan fingerprint density at radius 2 is 1.68 bits per heavy atom. The zero-order valence-electron chi connectivity index (χ0n) is 21.3. The molecule has 1 fully saturated rings. The molecule has 4 nitrogen and oxygen atoms in total. The Kier molecular flexibility index (Phi) is 7.42. The Morgan fingerprint density at radius 1 is 0.946 bits per heavy atom. The zero-order valence-corrected chi connectivity index (χ0v) is 22.2. The van der Waals surface area contributed by atoms with E-state index in [1.807, 2.05) is 83.8 Å². The highest BCUT2D eigenvalue weighted by Crippen LogP contribution is 2.39. The van der Waals surface area contributed by atoms with E-state index in [9.17, 15) is 4.79 Å². The van der Waals surface area contributed by atoms with E-state index in [4.69, 9.17) is 9.73 Å². The van der Waals surface area contributed by atoms with Crippen LogP contribution in [0.1, 0.15) is 37.0 Å². The number of amides is 1. The van der Waals surface area contributed by atoms with Gasteiger partial charge in [-0.1, -0.05) is 85.3 Å². The number of rotatable bonds is 7. The lowest BCUT2D eigenvalue weighted by atomic mass is 10.0. The molecule has 186 valence electrons. The average molecular weight is 507 g/mol. The second kappa shape index (κ2) is 11.1. The van der Waals surface area contributed by atoms with Crippen molar-refractivity contribution in [1.29, 1.82) is 0 Å². The molecule has 0 saturated carbocycles.